The number of nitrogens with zero attached hydrogens (tertiary/aromatic N) is 6. The molecule has 2 N–H and O–H groups in total. The van der Waals surface area contributed by atoms with E-state index in [9.17, 15) is 14.7 Å². The van der Waals surface area contributed by atoms with Gasteiger partial charge in [0.05, 0.1) is 35.3 Å². The lowest BCUT2D eigenvalue weighted by Gasteiger charge is -2.33. The van der Waals surface area contributed by atoms with E-state index in [0.717, 1.165) is 50.3 Å². The van der Waals surface area contributed by atoms with Gasteiger partial charge in [-0.2, -0.15) is 0 Å². The molecule has 0 radical (unpaired) electrons. The SMILES string of the molecule is CN1CCN(c2ccc(Nc3nc(-c4cccc(-n5ccc6cc(C7CC7)cc(F)c6c5=O)c4CO)cn(C)c3=O)nc2)CC1. The number of aliphatic hydroxyl groups is 1. The molecule has 45 heavy (non-hydrogen) atoms. The van der Waals surface area contributed by atoms with Gasteiger partial charge < -0.3 is 24.8 Å². The monoisotopic (exact) mass is 607 g/mol. The summed E-state index contributed by atoms with van der Waals surface area (Å²) in [6.45, 7) is 3.39. The van der Waals surface area contributed by atoms with E-state index in [1.165, 1.54) is 15.2 Å². The first kappa shape index (κ1) is 28.9. The van der Waals surface area contributed by atoms with E-state index in [4.69, 9.17) is 0 Å². The predicted octanol–water partition coefficient (Wildman–Crippen LogP) is 4.15. The average Bonchev–Trinajstić information content (AvgIpc) is 3.89. The Morgan fingerprint density at radius 3 is 2.51 bits per heavy atom. The Balaban J connectivity index is 1.23. The van der Waals surface area contributed by atoms with Crippen molar-refractivity contribution in [2.24, 2.45) is 7.05 Å². The minimum atomic E-state index is -0.545. The maximum absolute atomic E-state index is 15.2. The fraction of sp³-hybridized carbons (Fsp3) is 0.294. The summed E-state index contributed by atoms with van der Waals surface area (Å²) < 4.78 is 18.0. The second kappa shape index (κ2) is 11.6. The van der Waals surface area contributed by atoms with Gasteiger partial charge in [0.15, 0.2) is 5.82 Å². The van der Waals surface area contributed by atoms with E-state index in [-0.39, 0.29) is 16.8 Å². The number of hydrogen-bond donors (Lipinski definition) is 2. The van der Waals surface area contributed by atoms with Gasteiger partial charge in [-0.25, -0.2) is 14.4 Å². The number of benzene rings is 2. The summed E-state index contributed by atoms with van der Waals surface area (Å²) in [5, 5.41) is 14.2. The van der Waals surface area contributed by atoms with Crippen LogP contribution in [-0.2, 0) is 13.7 Å². The number of aromatic nitrogens is 4. The number of nitrogens with one attached hydrogen (secondary N) is 1. The smallest absolute Gasteiger partial charge is 0.293 e. The van der Waals surface area contributed by atoms with Gasteiger partial charge in [0.2, 0.25) is 0 Å². The molecule has 1 saturated heterocycles. The van der Waals surface area contributed by atoms with Gasteiger partial charge in [-0.05, 0) is 67.1 Å². The predicted molar refractivity (Wildman–Crippen MR) is 173 cm³/mol. The largest absolute Gasteiger partial charge is 0.392 e. The summed E-state index contributed by atoms with van der Waals surface area (Å²) in [6, 6.07) is 14.1. The van der Waals surface area contributed by atoms with Crippen LogP contribution in [-0.4, -0.2) is 62.3 Å². The highest BCUT2D eigenvalue weighted by Gasteiger charge is 2.25. The molecule has 1 saturated carbocycles. The summed E-state index contributed by atoms with van der Waals surface area (Å²) in [6.07, 6.45) is 7.04. The molecule has 0 amide bonds. The molecule has 1 aliphatic heterocycles. The zero-order valence-electron chi connectivity index (χ0n) is 25.2. The molecule has 0 spiro atoms. The number of likely N-dealkylation sites (N-methyl/N-ethyl adjacent to an activating group) is 1. The Morgan fingerprint density at radius 2 is 1.80 bits per heavy atom. The van der Waals surface area contributed by atoms with Crippen LogP contribution >= 0.6 is 0 Å². The number of aliphatic hydroxyl groups excluding tert-OH is 1. The number of halogens is 1. The highest BCUT2D eigenvalue weighted by molar-refractivity contribution is 5.83. The van der Waals surface area contributed by atoms with Gasteiger partial charge in [-0.1, -0.05) is 18.2 Å². The summed E-state index contributed by atoms with van der Waals surface area (Å²) in [5.74, 6) is 0.354. The number of fused-ring (bicyclic) bond motifs is 1. The van der Waals surface area contributed by atoms with Gasteiger partial charge >= 0.3 is 0 Å². The molecule has 230 valence electrons. The molecule has 5 aromatic rings. The molecule has 2 aliphatic rings. The van der Waals surface area contributed by atoms with Gasteiger partial charge in [0, 0.05) is 56.7 Å². The summed E-state index contributed by atoms with van der Waals surface area (Å²) in [4.78, 5) is 40.4. The zero-order chi connectivity index (χ0) is 31.2. The number of hydrogen-bond acceptors (Lipinski definition) is 8. The van der Waals surface area contributed by atoms with Crippen molar-refractivity contribution in [3.63, 3.8) is 0 Å². The minimum Gasteiger partial charge on any atom is -0.392 e. The molecule has 2 aromatic carbocycles. The minimum absolute atomic E-state index is 0.00838. The third-order valence-corrected chi connectivity index (χ3v) is 8.81. The molecular weight excluding hydrogens is 573 g/mol. The second-order valence-electron chi connectivity index (χ2n) is 11.9. The van der Waals surface area contributed by atoms with E-state index in [0.29, 0.717) is 39.6 Å². The van der Waals surface area contributed by atoms with Gasteiger partial charge in [-0.3, -0.25) is 14.2 Å². The molecule has 4 heterocycles. The Morgan fingerprint density at radius 1 is 1.00 bits per heavy atom. The van der Waals surface area contributed by atoms with Crippen LogP contribution in [0.5, 0.6) is 0 Å². The van der Waals surface area contributed by atoms with Crippen molar-refractivity contribution in [2.45, 2.75) is 25.4 Å². The molecule has 0 unspecified atom stereocenters. The van der Waals surface area contributed by atoms with Crippen molar-refractivity contribution in [1.82, 2.24) is 24.0 Å². The number of rotatable bonds is 7. The van der Waals surface area contributed by atoms with Crippen molar-refractivity contribution in [2.75, 3.05) is 43.4 Å². The van der Waals surface area contributed by atoms with Crippen LogP contribution in [0.3, 0.4) is 0 Å². The van der Waals surface area contributed by atoms with Crippen LogP contribution in [0.4, 0.5) is 21.7 Å². The van der Waals surface area contributed by atoms with Crippen molar-refractivity contribution in [3.8, 4) is 16.9 Å². The van der Waals surface area contributed by atoms with Crippen molar-refractivity contribution < 1.29 is 9.50 Å². The number of pyridine rings is 2. The third-order valence-electron chi connectivity index (χ3n) is 8.81. The normalized spacial score (nSPS) is 15.5. The van der Waals surface area contributed by atoms with Crippen molar-refractivity contribution in [3.05, 3.63) is 105 Å². The van der Waals surface area contributed by atoms with E-state index in [1.807, 2.05) is 18.2 Å². The molecule has 2 fully saturated rings. The second-order valence-corrected chi connectivity index (χ2v) is 11.9. The van der Waals surface area contributed by atoms with Gasteiger partial charge in [0.25, 0.3) is 11.1 Å². The number of aryl methyl sites for hydroxylation is 1. The zero-order valence-corrected chi connectivity index (χ0v) is 25.2. The van der Waals surface area contributed by atoms with E-state index in [1.54, 1.807) is 49.9 Å². The van der Waals surface area contributed by atoms with E-state index >= 15 is 4.39 Å². The Hall–Kier alpha value is -4.87. The van der Waals surface area contributed by atoms with Crippen molar-refractivity contribution >= 4 is 28.1 Å². The average molecular weight is 608 g/mol. The highest BCUT2D eigenvalue weighted by atomic mass is 19.1. The first-order valence-electron chi connectivity index (χ1n) is 15.1. The van der Waals surface area contributed by atoms with Crippen LogP contribution in [0.25, 0.3) is 27.7 Å². The Labute approximate surface area is 259 Å². The first-order valence-corrected chi connectivity index (χ1v) is 15.1. The standard InChI is InChI=1S/C34H34FN7O3/c1-39-12-14-41(15-13-39)24-8-9-30(36-18-24)38-32-34(45)40(2)19-28(37-32)25-4-3-5-29(26(25)20-43)42-11-10-22-16-23(21-6-7-21)17-27(35)31(22)33(42)44/h3-5,8-11,16-19,21,43H,6-7,12-15,20H2,1-2H3,(H,36,37,38). The van der Waals surface area contributed by atoms with E-state index < -0.39 is 18.0 Å². The molecule has 1 aliphatic carbocycles. The van der Waals surface area contributed by atoms with Crippen molar-refractivity contribution in [1.29, 1.82) is 0 Å². The summed E-state index contributed by atoms with van der Waals surface area (Å²) >= 11 is 0. The van der Waals surface area contributed by atoms with E-state index in [2.05, 4.69) is 32.1 Å². The first-order chi connectivity index (χ1) is 21.8. The lowest BCUT2D eigenvalue weighted by molar-refractivity contribution is 0.282. The topological polar surface area (TPSA) is 109 Å². The van der Waals surface area contributed by atoms with Gasteiger partial charge in [0.1, 0.15) is 11.6 Å². The molecule has 7 rings (SSSR count). The maximum Gasteiger partial charge on any atom is 0.293 e. The lowest BCUT2D eigenvalue weighted by atomic mass is 10.0. The molecule has 0 bridgehead atoms. The Kier molecular flexibility index (Phi) is 7.42. The molecule has 3 aromatic heterocycles. The van der Waals surface area contributed by atoms with Gasteiger partial charge in [-0.15, -0.1) is 0 Å². The Bertz CT molecular complexity index is 2030. The fourth-order valence-corrected chi connectivity index (χ4v) is 6.05. The third kappa shape index (κ3) is 5.49. The maximum atomic E-state index is 15.2. The quantitative estimate of drug-likeness (QED) is 0.284. The number of piperazine rings is 1. The van der Waals surface area contributed by atoms with Crippen LogP contribution in [0.2, 0.25) is 0 Å². The highest BCUT2D eigenvalue weighted by Crippen LogP contribution is 2.41. The summed E-state index contributed by atoms with van der Waals surface area (Å²) in [7, 11) is 3.73. The van der Waals surface area contributed by atoms with Crippen LogP contribution in [0.15, 0.2) is 76.7 Å². The fourth-order valence-electron chi connectivity index (χ4n) is 6.05. The van der Waals surface area contributed by atoms with Crippen LogP contribution < -0.4 is 21.3 Å². The van der Waals surface area contributed by atoms with Crippen LogP contribution in [0, 0.1) is 5.82 Å². The number of anilines is 3. The molecule has 10 nitrogen and oxygen atoms in total. The molecule has 11 heteroatoms. The molecule has 0 atom stereocenters. The lowest BCUT2D eigenvalue weighted by Crippen LogP contribution is -2.44. The summed E-state index contributed by atoms with van der Waals surface area (Å²) in [5.41, 5.74) is 2.83. The molecular formula is C34H34FN7O3. The van der Waals surface area contributed by atoms with Crippen LogP contribution in [0.1, 0.15) is 29.9 Å².